The van der Waals surface area contributed by atoms with Gasteiger partial charge in [-0.2, -0.15) is 0 Å². The van der Waals surface area contributed by atoms with Gasteiger partial charge in [0.2, 0.25) is 0 Å². The molecule has 0 N–H and O–H groups in total. The van der Waals surface area contributed by atoms with E-state index in [2.05, 4.69) is 32.9 Å². The van der Waals surface area contributed by atoms with Crippen LogP contribution in [0, 0.1) is 12.8 Å². The molecule has 0 heterocycles. The Morgan fingerprint density at radius 1 is 1.31 bits per heavy atom. The number of Topliss-reactive ketones (excluding diaryl/α,β-unsaturated/α-hetero) is 1. The Morgan fingerprint density at radius 3 is 2.62 bits per heavy atom. The summed E-state index contributed by atoms with van der Waals surface area (Å²) in [6, 6.07) is 8.21. The van der Waals surface area contributed by atoms with Crippen LogP contribution < -0.4 is 0 Å². The molecule has 0 fully saturated rings. The number of ketones is 1. The van der Waals surface area contributed by atoms with Gasteiger partial charge in [0.05, 0.1) is 5.75 Å². The molecule has 0 aliphatic carbocycles. The quantitative estimate of drug-likeness (QED) is 0.692. The topological polar surface area (TPSA) is 17.1 Å². The van der Waals surface area contributed by atoms with Crippen LogP contribution in [0.5, 0.6) is 0 Å². The summed E-state index contributed by atoms with van der Waals surface area (Å²) in [5.74, 6) is 1.59. The average molecular weight is 236 g/mol. The lowest BCUT2D eigenvalue weighted by molar-refractivity contribution is -0.116. The highest BCUT2D eigenvalue weighted by Gasteiger charge is 2.05. The number of aryl methyl sites for hydroxylation is 1. The van der Waals surface area contributed by atoms with Crippen molar-refractivity contribution in [2.75, 3.05) is 5.75 Å². The minimum atomic E-state index is 0.363. The number of benzene rings is 1. The number of carbonyl (C=O) groups excluding carboxylic acids is 1. The maximum absolute atomic E-state index is 11.6. The fraction of sp³-hybridized carbons (Fsp3) is 0.500. The maximum Gasteiger partial charge on any atom is 0.143 e. The second-order valence-electron chi connectivity index (χ2n) is 4.53. The lowest BCUT2D eigenvalue weighted by Crippen LogP contribution is -2.03. The molecule has 0 aromatic heterocycles. The fourth-order valence-corrected chi connectivity index (χ4v) is 2.33. The first-order chi connectivity index (χ1) is 7.59. The molecule has 0 radical (unpaired) electrons. The number of carbonyl (C=O) groups is 1. The largest absolute Gasteiger partial charge is 0.299 e. The van der Waals surface area contributed by atoms with E-state index >= 15 is 0 Å². The van der Waals surface area contributed by atoms with E-state index in [1.165, 1.54) is 10.5 Å². The second-order valence-corrected chi connectivity index (χ2v) is 5.54. The Bertz CT molecular complexity index is 344. The van der Waals surface area contributed by atoms with E-state index in [1.807, 2.05) is 12.1 Å². The van der Waals surface area contributed by atoms with Crippen molar-refractivity contribution in [1.29, 1.82) is 0 Å². The zero-order valence-electron chi connectivity index (χ0n) is 10.3. The van der Waals surface area contributed by atoms with Crippen LogP contribution >= 0.6 is 11.8 Å². The van der Waals surface area contributed by atoms with Gasteiger partial charge in [0.15, 0.2) is 0 Å². The first kappa shape index (κ1) is 13.3. The summed E-state index contributed by atoms with van der Waals surface area (Å²) in [7, 11) is 0. The summed E-state index contributed by atoms with van der Waals surface area (Å²) in [5.41, 5.74) is 1.25. The molecular weight excluding hydrogens is 216 g/mol. The molecule has 0 saturated heterocycles. The van der Waals surface area contributed by atoms with Crippen LogP contribution in [0.1, 0.15) is 32.3 Å². The number of thioether (sulfide) groups is 1. The van der Waals surface area contributed by atoms with Gasteiger partial charge in [-0.3, -0.25) is 4.79 Å². The van der Waals surface area contributed by atoms with Crippen molar-refractivity contribution in [2.24, 2.45) is 5.92 Å². The molecule has 88 valence electrons. The van der Waals surface area contributed by atoms with E-state index in [1.54, 1.807) is 11.8 Å². The summed E-state index contributed by atoms with van der Waals surface area (Å²) < 4.78 is 0. The molecule has 0 spiro atoms. The van der Waals surface area contributed by atoms with Crippen LogP contribution in [0.2, 0.25) is 0 Å². The third-order valence-electron chi connectivity index (χ3n) is 2.48. The smallest absolute Gasteiger partial charge is 0.143 e. The molecule has 16 heavy (non-hydrogen) atoms. The van der Waals surface area contributed by atoms with Gasteiger partial charge < -0.3 is 0 Å². The fourth-order valence-electron chi connectivity index (χ4n) is 1.40. The lowest BCUT2D eigenvalue weighted by atomic mass is 10.1. The summed E-state index contributed by atoms with van der Waals surface area (Å²) in [6.45, 7) is 6.39. The van der Waals surface area contributed by atoms with Gasteiger partial charge in [-0.1, -0.05) is 32.0 Å². The highest BCUT2D eigenvalue weighted by molar-refractivity contribution is 8.00. The summed E-state index contributed by atoms with van der Waals surface area (Å²) in [4.78, 5) is 12.8. The number of hydrogen-bond donors (Lipinski definition) is 0. The van der Waals surface area contributed by atoms with Crippen molar-refractivity contribution >= 4 is 17.5 Å². The van der Waals surface area contributed by atoms with E-state index in [9.17, 15) is 4.79 Å². The van der Waals surface area contributed by atoms with Crippen LogP contribution in [0.25, 0.3) is 0 Å². The average Bonchev–Trinajstić information content (AvgIpc) is 2.25. The van der Waals surface area contributed by atoms with Gasteiger partial charge in [0, 0.05) is 11.3 Å². The van der Waals surface area contributed by atoms with Crippen LogP contribution in [-0.4, -0.2) is 11.5 Å². The molecular formula is C14H20OS. The Morgan fingerprint density at radius 2 is 2.00 bits per heavy atom. The first-order valence-electron chi connectivity index (χ1n) is 5.79. The van der Waals surface area contributed by atoms with E-state index in [0.717, 1.165) is 12.8 Å². The second kappa shape index (κ2) is 6.74. The van der Waals surface area contributed by atoms with E-state index in [4.69, 9.17) is 0 Å². The Kier molecular flexibility index (Phi) is 5.61. The lowest BCUT2D eigenvalue weighted by Gasteiger charge is -2.05. The molecule has 0 unspecified atom stereocenters. The normalized spacial score (nSPS) is 10.8. The van der Waals surface area contributed by atoms with Gasteiger partial charge in [-0.05, 0) is 30.9 Å². The summed E-state index contributed by atoms with van der Waals surface area (Å²) in [5, 5.41) is 0. The molecule has 0 aliphatic rings. The zero-order valence-corrected chi connectivity index (χ0v) is 11.1. The monoisotopic (exact) mass is 236 g/mol. The van der Waals surface area contributed by atoms with Crippen molar-refractivity contribution in [1.82, 2.24) is 0 Å². The van der Waals surface area contributed by atoms with Crippen molar-refractivity contribution in [3.05, 3.63) is 29.8 Å². The van der Waals surface area contributed by atoms with E-state index in [0.29, 0.717) is 17.5 Å². The van der Waals surface area contributed by atoms with Gasteiger partial charge >= 0.3 is 0 Å². The maximum atomic E-state index is 11.6. The summed E-state index contributed by atoms with van der Waals surface area (Å²) in [6.07, 6.45) is 1.73. The molecule has 1 rings (SSSR count). The molecule has 0 aliphatic heterocycles. The van der Waals surface area contributed by atoms with Gasteiger partial charge in [0.25, 0.3) is 0 Å². The molecule has 0 saturated carbocycles. The molecule has 1 nitrogen and oxygen atoms in total. The Labute approximate surface area is 103 Å². The van der Waals surface area contributed by atoms with Crippen LogP contribution in [-0.2, 0) is 4.79 Å². The Balaban J connectivity index is 2.35. The number of rotatable bonds is 6. The molecule has 0 bridgehead atoms. The molecule has 0 amide bonds. The van der Waals surface area contributed by atoms with Gasteiger partial charge in [0.1, 0.15) is 5.78 Å². The van der Waals surface area contributed by atoms with Gasteiger partial charge in [-0.25, -0.2) is 0 Å². The molecule has 0 atom stereocenters. The highest BCUT2D eigenvalue weighted by Crippen LogP contribution is 2.22. The minimum absolute atomic E-state index is 0.363. The molecule has 1 aromatic carbocycles. The summed E-state index contributed by atoms with van der Waals surface area (Å²) >= 11 is 1.66. The highest BCUT2D eigenvalue weighted by atomic mass is 32.2. The predicted molar refractivity (Wildman–Crippen MR) is 71.0 cm³/mol. The van der Waals surface area contributed by atoms with Crippen LogP contribution in [0.15, 0.2) is 29.2 Å². The SMILES string of the molecule is Cc1ccccc1SCC(=O)CCC(C)C. The van der Waals surface area contributed by atoms with Crippen LogP contribution in [0.3, 0.4) is 0 Å². The van der Waals surface area contributed by atoms with E-state index < -0.39 is 0 Å². The standard InChI is InChI=1S/C14H20OS/c1-11(2)8-9-13(15)10-16-14-7-5-4-6-12(14)3/h4-7,11H,8-10H2,1-3H3. The zero-order chi connectivity index (χ0) is 12.0. The van der Waals surface area contributed by atoms with Crippen molar-refractivity contribution in [3.63, 3.8) is 0 Å². The third kappa shape index (κ3) is 4.84. The Hall–Kier alpha value is -0.760. The van der Waals surface area contributed by atoms with Crippen molar-refractivity contribution in [3.8, 4) is 0 Å². The third-order valence-corrected chi connectivity index (χ3v) is 3.72. The van der Waals surface area contributed by atoms with E-state index in [-0.39, 0.29) is 0 Å². The first-order valence-corrected chi connectivity index (χ1v) is 6.78. The molecule has 2 heteroatoms. The van der Waals surface area contributed by atoms with Gasteiger partial charge in [-0.15, -0.1) is 11.8 Å². The predicted octanol–water partition coefficient (Wildman–Crippen LogP) is 4.09. The molecule has 1 aromatic rings. The van der Waals surface area contributed by atoms with Crippen molar-refractivity contribution in [2.45, 2.75) is 38.5 Å². The van der Waals surface area contributed by atoms with Crippen LogP contribution in [0.4, 0.5) is 0 Å². The van der Waals surface area contributed by atoms with Crippen molar-refractivity contribution < 1.29 is 4.79 Å². The number of hydrogen-bond acceptors (Lipinski definition) is 2. The minimum Gasteiger partial charge on any atom is -0.299 e.